The van der Waals surface area contributed by atoms with Gasteiger partial charge in [0, 0.05) is 26.2 Å². The molecule has 1 spiro atoms. The van der Waals surface area contributed by atoms with Crippen molar-refractivity contribution in [1.29, 1.82) is 0 Å². The van der Waals surface area contributed by atoms with Crippen molar-refractivity contribution in [2.45, 2.75) is 31.5 Å². The van der Waals surface area contributed by atoms with E-state index >= 15 is 0 Å². The van der Waals surface area contributed by atoms with E-state index in [1.807, 2.05) is 41.3 Å². The molecule has 2 aliphatic rings. The Labute approximate surface area is 183 Å². The van der Waals surface area contributed by atoms with E-state index in [0.29, 0.717) is 25.5 Å². The second-order valence-electron chi connectivity index (χ2n) is 8.25. The summed E-state index contributed by atoms with van der Waals surface area (Å²) < 4.78 is 16.5. The number of carbonyl (C=O) groups is 1. The zero-order chi connectivity index (χ0) is 21.7. The topological polar surface area (TPSA) is 71.5 Å². The summed E-state index contributed by atoms with van der Waals surface area (Å²) in [5, 5.41) is 10.0. The Bertz CT molecular complexity index is 881. The third-order valence-electron chi connectivity index (χ3n) is 6.26. The van der Waals surface area contributed by atoms with Crippen molar-refractivity contribution >= 4 is 6.09 Å². The van der Waals surface area contributed by atoms with Crippen LogP contribution in [-0.4, -0.2) is 66.5 Å². The lowest BCUT2D eigenvalue weighted by Gasteiger charge is -2.50. The van der Waals surface area contributed by atoms with Gasteiger partial charge in [-0.05, 0) is 36.1 Å². The van der Waals surface area contributed by atoms with Gasteiger partial charge < -0.3 is 19.3 Å². The van der Waals surface area contributed by atoms with Gasteiger partial charge in [0.05, 0.1) is 25.9 Å². The number of morpholine rings is 1. The van der Waals surface area contributed by atoms with Crippen molar-refractivity contribution in [3.8, 4) is 11.5 Å². The molecule has 2 aliphatic heterocycles. The van der Waals surface area contributed by atoms with Crippen molar-refractivity contribution in [3.05, 3.63) is 59.7 Å². The number of hydrogen-bond donors (Lipinski definition) is 1. The Morgan fingerprint density at radius 1 is 1.10 bits per heavy atom. The molecule has 31 heavy (non-hydrogen) atoms. The van der Waals surface area contributed by atoms with Crippen LogP contribution in [0.2, 0.25) is 0 Å². The molecule has 0 radical (unpaired) electrons. The minimum absolute atomic E-state index is 0.154. The molecule has 2 aromatic carbocycles. The number of ether oxygens (including phenoxy) is 3. The van der Waals surface area contributed by atoms with Crippen LogP contribution in [0.3, 0.4) is 0 Å². The first kappa shape index (κ1) is 21.5. The van der Waals surface area contributed by atoms with Crippen LogP contribution in [0.5, 0.6) is 11.5 Å². The van der Waals surface area contributed by atoms with E-state index in [-0.39, 0.29) is 24.0 Å². The summed E-state index contributed by atoms with van der Waals surface area (Å²) in [7, 11) is 1.54. The summed E-state index contributed by atoms with van der Waals surface area (Å²) >= 11 is 0. The Morgan fingerprint density at radius 2 is 1.87 bits per heavy atom. The van der Waals surface area contributed by atoms with Gasteiger partial charge in [0.1, 0.15) is 6.61 Å². The number of amides is 1. The number of benzene rings is 2. The van der Waals surface area contributed by atoms with Crippen molar-refractivity contribution < 1.29 is 24.1 Å². The number of phenolic OH excluding ortho intramolecular Hbond substituents is 1. The summed E-state index contributed by atoms with van der Waals surface area (Å²) in [6.07, 6.45) is 1.39. The number of likely N-dealkylation sites (tertiary alicyclic amines) is 1. The number of aromatic hydroxyl groups is 1. The number of rotatable bonds is 5. The molecule has 0 atom stereocenters. The van der Waals surface area contributed by atoms with Crippen molar-refractivity contribution in [1.82, 2.24) is 9.80 Å². The molecule has 1 amide bonds. The summed E-state index contributed by atoms with van der Waals surface area (Å²) in [4.78, 5) is 17.1. The Hall–Kier alpha value is -2.77. The number of piperidine rings is 1. The molecule has 2 heterocycles. The fourth-order valence-corrected chi connectivity index (χ4v) is 4.45. The van der Waals surface area contributed by atoms with Gasteiger partial charge in [0.25, 0.3) is 0 Å². The van der Waals surface area contributed by atoms with Gasteiger partial charge in [-0.3, -0.25) is 9.80 Å². The van der Waals surface area contributed by atoms with E-state index in [9.17, 15) is 9.90 Å². The molecule has 7 nitrogen and oxygen atoms in total. The number of nitrogens with zero attached hydrogens (tertiary/aromatic N) is 2. The van der Waals surface area contributed by atoms with E-state index < -0.39 is 0 Å². The monoisotopic (exact) mass is 426 g/mol. The smallest absolute Gasteiger partial charge is 0.410 e. The summed E-state index contributed by atoms with van der Waals surface area (Å²) in [6.45, 7) is 4.35. The quantitative estimate of drug-likeness (QED) is 0.790. The van der Waals surface area contributed by atoms with Crippen LogP contribution in [0.1, 0.15) is 24.0 Å². The Balaban J connectivity index is 1.35. The average molecular weight is 427 g/mol. The predicted octanol–water partition coefficient (Wildman–Crippen LogP) is 3.40. The van der Waals surface area contributed by atoms with Gasteiger partial charge in [0.2, 0.25) is 0 Å². The highest BCUT2D eigenvalue weighted by Crippen LogP contribution is 2.34. The third kappa shape index (κ3) is 4.94. The maximum Gasteiger partial charge on any atom is 0.410 e. The lowest BCUT2D eigenvalue weighted by molar-refractivity contribution is -0.0871. The molecule has 0 aromatic heterocycles. The molecular formula is C24H30N2O5. The van der Waals surface area contributed by atoms with Crippen LogP contribution < -0.4 is 4.74 Å². The van der Waals surface area contributed by atoms with Gasteiger partial charge in [-0.25, -0.2) is 4.79 Å². The molecule has 0 unspecified atom stereocenters. The van der Waals surface area contributed by atoms with Gasteiger partial charge >= 0.3 is 6.09 Å². The van der Waals surface area contributed by atoms with Gasteiger partial charge in [-0.1, -0.05) is 36.4 Å². The zero-order valence-corrected chi connectivity index (χ0v) is 18.0. The number of phenols is 1. The van der Waals surface area contributed by atoms with E-state index in [4.69, 9.17) is 14.2 Å². The highest BCUT2D eigenvalue weighted by Gasteiger charge is 2.45. The highest BCUT2D eigenvalue weighted by molar-refractivity contribution is 5.69. The number of carbonyl (C=O) groups excluding carboxylic acids is 1. The van der Waals surface area contributed by atoms with Crippen molar-refractivity contribution in [3.63, 3.8) is 0 Å². The third-order valence-corrected chi connectivity index (χ3v) is 6.26. The lowest BCUT2D eigenvalue weighted by atomic mass is 9.85. The summed E-state index contributed by atoms with van der Waals surface area (Å²) in [5.41, 5.74) is 1.70. The molecule has 0 aliphatic carbocycles. The minimum atomic E-state index is -0.315. The molecular weight excluding hydrogens is 396 g/mol. The fourth-order valence-electron chi connectivity index (χ4n) is 4.45. The molecule has 2 fully saturated rings. The van der Waals surface area contributed by atoms with Crippen LogP contribution in [0.4, 0.5) is 4.79 Å². The molecule has 4 rings (SSSR count). The lowest BCUT2D eigenvalue weighted by Crippen LogP contribution is -2.63. The van der Waals surface area contributed by atoms with E-state index in [0.717, 1.165) is 43.6 Å². The van der Waals surface area contributed by atoms with E-state index in [1.165, 1.54) is 0 Å². The summed E-state index contributed by atoms with van der Waals surface area (Å²) in [6, 6.07) is 15.3. The fraction of sp³-hybridized carbons (Fsp3) is 0.458. The van der Waals surface area contributed by atoms with Crippen LogP contribution in [0, 0.1) is 0 Å². The largest absolute Gasteiger partial charge is 0.504 e. The molecule has 0 bridgehead atoms. The van der Waals surface area contributed by atoms with Crippen LogP contribution in [0.15, 0.2) is 48.5 Å². The highest BCUT2D eigenvalue weighted by atomic mass is 16.6. The Morgan fingerprint density at radius 3 is 2.58 bits per heavy atom. The zero-order valence-electron chi connectivity index (χ0n) is 18.0. The first-order valence-electron chi connectivity index (χ1n) is 10.7. The minimum Gasteiger partial charge on any atom is -0.504 e. The molecule has 0 saturated carbocycles. The first-order chi connectivity index (χ1) is 15.1. The Kier molecular flexibility index (Phi) is 6.63. The van der Waals surface area contributed by atoms with Gasteiger partial charge in [0.15, 0.2) is 11.5 Å². The normalized spacial score (nSPS) is 18.7. The van der Waals surface area contributed by atoms with Crippen LogP contribution >= 0.6 is 0 Å². The molecule has 2 aromatic rings. The first-order valence-corrected chi connectivity index (χ1v) is 10.7. The predicted molar refractivity (Wildman–Crippen MR) is 116 cm³/mol. The molecule has 1 N–H and O–H groups in total. The van der Waals surface area contributed by atoms with Gasteiger partial charge in [-0.15, -0.1) is 0 Å². The van der Waals surface area contributed by atoms with Crippen LogP contribution in [0.25, 0.3) is 0 Å². The second kappa shape index (κ2) is 9.58. The number of hydrogen-bond acceptors (Lipinski definition) is 6. The van der Waals surface area contributed by atoms with E-state index in [1.54, 1.807) is 19.2 Å². The van der Waals surface area contributed by atoms with E-state index in [2.05, 4.69) is 4.90 Å². The SMILES string of the molecule is COc1ccc(CN2CCC3(CC2)COCCN3C(=O)OCc2ccccc2)cc1O. The standard InChI is InChI=1S/C24H30N2O5/c1-29-22-8-7-20(15-21(22)27)16-25-11-9-24(10-12-25)18-30-14-13-26(24)23(28)31-17-19-5-3-2-4-6-19/h2-8,15,27H,9-14,16-18H2,1H3. The maximum absolute atomic E-state index is 12.9. The molecule has 166 valence electrons. The maximum atomic E-state index is 12.9. The average Bonchev–Trinajstić information content (AvgIpc) is 2.80. The van der Waals surface area contributed by atoms with Crippen molar-refractivity contribution in [2.75, 3.05) is 40.0 Å². The summed E-state index contributed by atoms with van der Waals surface area (Å²) in [5.74, 6) is 0.631. The van der Waals surface area contributed by atoms with Crippen LogP contribution in [-0.2, 0) is 22.6 Å². The molecule has 7 heteroatoms. The van der Waals surface area contributed by atoms with Gasteiger partial charge in [-0.2, -0.15) is 0 Å². The van der Waals surface area contributed by atoms with Crippen molar-refractivity contribution in [2.24, 2.45) is 0 Å². The number of methoxy groups -OCH3 is 1. The second-order valence-corrected chi connectivity index (χ2v) is 8.25. The molecule has 2 saturated heterocycles.